The van der Waals surface area contributed by atoms with Gasteiger partial charge in [0.25, 0.3) is 5.91 Å². The van der Waals surface area contributed by atoms with Gasteiger partial charge in [-0.15, -0.1) is 10.1 Å². The molecule has 0 bridgehead atoms. The maximum absolute atomic E-state index is 12.9. The van der Waals surface area contributed by atoms with Gasteiger partial charge in [0.1, 0.15) is 11.5 Å². The SMILES string of the molecule is COc1ccc([C@@H]2[C@@H](NC(=O)c3ccccc3)C(=O)N/[N+]2=C\c2cccc(OC)c2)cc1. The molecule has 2 atom stereocenters. The first-order chi connectivity index (χ1) is 15.6. The van der Waals surface area contributed by atoms with Crippen LogP contribution >= 0.6 is 0 Å². The number of methoxy groups -OCH3 is 2. The third-order valence-electron chi connectivity index (χ3n) is 5.30. The number of ether oxygens (including phenoxy) is 2. The standard InChI is InChI=1S/C25H23N3O4/c1-31-20-13-11-18(12-14-20)23-22(26-24(29)19-8-4-3-5-9-19)25(30)27-28(23)16-17-7-6-10-21(15-17)32-2/h3-16,22-23H,1-2H3,(H-,26,27,29,30)/p+1/b28-16-/t22-,23-/m1/s1. The van der Waals surface area contributed by atoms with Crippen LogP contribution in [0.2, 0.25) is 0 Å². The second kappa shape index (κ2) is 9.34. The van der Waals surface area contributed by atoms with Gasteiger partial charge < -0.3 is 14.8 Å². The molecule has 3 aromatic carbocycles. The van der Waals surface area contributed by atoms with E-state index in [2.05, 4.69) is 10.7 Å². The zero-order valence-electron chi connectivity index (χ0n) is 17.8. The Hall–Kier alpha value is -4.13. The Balaban J connectivity index is 1.71. The summed E-state index contributed by atoms with van der Waals surface area (Å²) in [4.78, 5) is 25.8. The van der Waals surface area contributed by atoms with E-state index in [4.69, 9.17) is 9.47 Å². The van der Waals surface area contributed by atoms with Crippen LogP contribution in [-0.2, 0) is 4.79 Å². The highest BCUT2D eigenvalue weighted by Gasteiger charge is 2.47. The first-order valence-corrected chi connectivity index (χ1v) is 10.2. The summed E-state index contributed by atoms with van der Waals surface area (Å²) in [6, 6.07) is 22.5. The minimum atomic E-state index is -0.794. The Morgan fingerprint density at radius 2 is 1.66 bits per heavy atom. The first kappa shape index (κ1) is 21.1. The van der Waals surface area contributed by atoms with E-state index in [0.29, 0.717) is 17.1 Å². The van der Waals surface area contributed by atoms with Gasteiger partial charge in [0.05, 0.1) is 14.2 Å². The molecule has 162 valence electrons. The molecule has 0 aromatic heterocycles. The summed E-state index contributed by atoms with van der Waals surface area (Å²) in [5.41, 5.74) is 5.06. The first-order valence-electron chi connectivity index (χ1n) is 10.2. The van der Waals surface area contributed by atoms with E-state index in [0.717, 1.165) is 11.1 Å². The molecule has 1 aliphatic rings. The van der Waals surface area contributed by atoms with E-state index in [1.807, 2.05) is 60.8 Å². The van der Waals surface area contributed by atoms with Crippen LogP contribution in [0.15, 0.2) is 78.9 Å². The van der Waals surface area contributed by atoms with Crippen molar-refractivity contribution in [3.8, 4) is 11.5 Å². The molecule has 7 nitrogen and oxygen atoms in total. The van der Waals surface area contributed by atoms with Crippen LogP contribution in [-0.4, -0.2) is 43.0 Å². The van der Waals surface area contributed by atoms with Crippen LogP contribution in [0.4, 0.5) is 0 Å². The highest BCUT2D eigenvalue weighted by Crippen LogP contribution is 2.27. The Labute approximate surface area is 186 Å². The van der Waals surface area contributed by atoms with Crippen LogP contribution in [0.5, 0.6) is 11.5 Å². The largest absolute Gasteiger partial charge is 0.497 e. The lowest BCUT2D eigenvalue weighted by molar-refractivity contribution is -0.596. The second-order valence-corrected chi connectivity index (χ2v) is 7.32. The molecule has 0 unspecified atom stereocenters. The van der Waals surface area contributed by atoms with Gasteiger partial charge >= 0.3 is 5.91 Å². The van der Waals surface area contributed by atoms with Gasteiger partial charge in [0, 0.05) is 16.7 Å². The number of amides is 2. The fourth-order valence-corrected chi connectivity index (χ4v) is 3.68. The molecule has 1 aliphatic heterocycles. The van der Waals surface area contributed by atoms with Crippen molar-refractivity contribution in [1.82, 2.24) is 10.7 Å². The molecule has 1 fully saturated rings. The smallest absolute Gasteiger partial charge is 0.304 e. The lowest BCUT2D eigenvalue weighted by Gasteiger charge is -2.15. The maximum atomic E-state index is 12.9. The Morgan fingerprint density at radius 1 is 0.938 bits per heavy atom. The van der Waals surface area contributed by atoms with Gasteiger partial charge in [-0.2, -0.15) is 0 Å². The molecular formula is C25H24N3O4+. The Bertz CT molecular complexity index is 1140. The predicted octanol–water partition coefficient (Wildman–Crippen LogP) is 2.72. The maximum Gasteiger partial charge on any atom is 0.304 e. The van der Waals surface area contributed by atoms with Gasteiger partial charge in [-0.05, 0) is 54.6 Å². The quantitative estimate of drug-likeness (QED) is 0.590. The van der Waals surface area contributed by atoms with Crippen molar-refractivity contribution in [2.75, 3.05) is 14.2 Å². The molecule has 2 amide bonds. The highest BCUT2D eigenvalue weighted by atomic mass is 16.5. The summed E-state index contributed by atoms with van der Waals surface area (Å²) in [6.45, 7) is 0. The van der Waals surface area contributed by atoms with Gasteiger partial charge in [-0.25, -0.2) is 0 Å². The molecule has 1 heterocycles. The van der Waals surface area contributed by atoms with E-state index in [1.54, 1.807) is 43.2 Å². The number of hydrogen-bond donors (Lipinski definition) is 2. The van der Waals surface area contributed by atoms with E-state index in [-0.39, 0.29) is 11.8 Å². The van der Waals surface area contributed by atoms with Gasteiger partial charge in [-0.1, -0.05) is 24.3 Å². The fourth-order valence-electron chi connectivity index (χ4n) is 3.68. The summed E-state index contributed by atoms with van der Waals surface area (Å²) in [7, 11) is 3.20. The van der Waals surface area contributed by atoms with Crippen molar-refractivity contribution in [3.63, 3.8) is 0 Å². The molecule has 1 saturated heterocycles. The number of carbonyl (C=O) groups excluding carboxylic acids is 2. The van der Waals surface area contributed by atoms with E-state index >= 15 is 0 Å². The minimum Gasteiger partial charge on any atom is -0.497 e. The van der Waals surface area contributed by atoms with Crippen molar-refractivity contribution in [1.29, 1.82) is 0 Å². The normalized spacial score (nSPS) is 18.8. The van der Waals surface area contributed by atoms with E-state index in [9.17, 15) is 9.59 Å². The van der Waals surface area contributed by atoms with E-state index in [1.165, 1.54) is 0 Å². The van der Waals surface area contributed by atoms with Gasteiger partial charge in [-0.3, -0.25) is 9.59 Å². The average Bonchev–Trinajstić information content (AvgIpc) is 3.13. The number of carbonyl (C=O) groups is 2. The topological polar surface area (TPSA) is 79.7 Å². The molecule has 0 spiro atoms. The minimum absolute atomic E-state index is 0.297. The van der Waals surface area contributed by atoms with Gasteiger partial charge in [0.2, 0.25) is 12.3 Å². The zero-order chi connectivity index (χ0) is 22.5. The molecule has 0 aliphatic carbocycles. The van der Waals surface area contributed by atoms with Crippen molar-refractivity contribution in [3.05, 3.63) is 95.6 Å². The fraction of sp³-hybridized carbons (Fsp3) is 0.160. The zero-order valence-corrected chi connectivity index (χ0v) is 17.8. The molecule has 7 heteroatoms. The third-order valence-corrected chi connectivity index (χ3v) is 5.30. The molecule has 4 rings (SSSR count). The highest BCUT2D eigenvalue weighted by molar-refractivity contribution is 5.98. The number of hydrazine groups is 1. The monoisotopic (exact) mass is 430 g/mol. The molecule has 2 N–H and O–H groups in total. The van der Waals surface area contributed by atoms with Crippen molar-refractivity contribution < 1.29 is 23.7 Å². The van der Waals surface area contributed by atoms with Crippen LogP contribution in [0.25, 0.3) is 0 Å². The Kier molecular flexibility index (Phi) is 6.17. The summed E-state index contributed by atoms with van der Waals surface area (Å²) in [5, 5.41) is 2.89. The number of benzene rings is 3. The average molecular weight is 430 g/mol. The Morgan fingerprint density at radius 3 is 2.34 bits per heavy atom. The van der Waals surface area contributed by atoms with Gasteiger partial charge in [0.15, 0.2) is 6.04 Å². The summed E-state index contributed by atoms with van der Waals surface area (Å²) >= 11 is 0. The lowest BCUT2D eigenvalue weighted by atomic mass is 9.99. The third kappa shape index (κ3) is 4.46. The molecule has 0 saturated carbocycles. The van der Waals surface area contributed by atoms with Crippen LogP contribution in [0.1, 0.15) is 27.5 Å². The second-order valence-electron chi connectivity index (χ2n) is 7.32. The number of nitrogens with one attached hydrogen (secondary N) is 2. The van der Waals surface area contributed by atoms with Crippen molar-refractivity contribution in [2.24, 2.45) is 0 Å². The molecular weight excluding hydrogens is 406 g/mol. The summed E-state index contributed by atoms with van der Waals surface area (Å²) in [5.74, 6) is 0.806. The van der Waals surface area contributed by atoms with E-state index < -0.39 is 12.1 Å². The molecule has 0 radical (unpaired) electrons. The molecule has 32 heavy (non-hydrogen) atoms. The number of rotatable bonds is 6. The summed E-state index contributed by atoms with van der Waals surface area (Å²) in [6.07, 6.45) is 1.82. The number of hydrogen-bond acceptors (Lipinski definition) is 4. The van der Waals surface area contributed by atoms with Crippen molar-refractivity contribution >= 4 is 18.0 Å². The summed E-state index contributed by atoms with van der Waals surface area (Å²) < 4.78 is 12.3. The lowest BCUT2D eigenvalue weighted by Crippen LogP contribution is -2.42. The number of nitrogens with zero attached hydrogens (tertiary/aromatic N) is 1. The molecule has 3 aromatic rings. The van der Waals surface area contributed by atoms with Crippen LogP contribution in [0.3, 0.4) is 0 Å². The van der Waals surface area contributed by atoms with Crippen molar-refractivity contribution in [2.45, 2.75) is 12.1 Å². The predicted molar refractivity (Wildman–Crippen MR) is 120 cm³/mol. The number of hydrazone groups is 1. The van der Waals surface area contributed by atoms with Crippen LogP contribution in [0, 0.1) is 0 Å². The van der Waals surface area contributed by atoms with Crippen LogP contribution < -0.4 is 20.2 Å².